The van der Waals surface area contributed by atoms with Crippen LogP contribution in [0.15, 0.2) is 22.7 Å². The van der Waals surface area contributed by atoms with Crippen molar-refractivity contribution in [2.45, 2.75) is 19.4 Å². The number of hydrogen-bond donors (Lipinski definition) is 0. The standard InChI is InChI=1S/C15H19BrO4/c1-18-15(17)12-2-3-13(14(16)8-12)10-20-9-11-4-6-19-7-5-11/h2-3,8,11H,4-7,9-10H2,1H3. The van der Waals surface area contributed by atoms with E-state index < -0.39 is 0 Å². The number of ether oxygens (including phenoxy) is 3. The maximum atomic E-state index is 11.4. The molecule has 1 saturated heterocycles. The summed E-state index contributed by atoms with van der Waals surface area (Å²) in [7, 11) is 1.38. The van der Waals surface area contributed by atoms with E-state index in [1.165, 1.54) is 7.11 Å². The topological polar surface area (TPSA) is 44.8 Å². The van der Waals surface area contributed by atoms with Crippen molar-refractivity contribution < 1.29 is 19.0 Å². The molecule has 1 aliphatic heterocycles. The number of esters is 1. The molecule has 0 atom stereocenters. The highest BCUT2D eigenvalue weighted by Crippen LogP contribution is 2.21. The number of hydrogen-bond acceptors (Lipinski definition) is 4. The highest BCUT2D eigenvalue weighted by molar-refractivity contribution is 9.10. The maximum absolute atomic E-state index is 11.4. The van der Waals surface area contributed by atoms with Gasteiger partial charge in [0, 0.05) is 17.7 Å². The lowest BCUT2D eigenvalue weighted by molar-refractivity contribution is 0.0156. The van der Waals surface area contributed by atoms with Crippen LogP contribution in [-0.2, 0) is 20.8 Å². The van der Waals surface area contributed by atoms with Crippen LogP contribution in [0.4, 0.5) is 0 Å². The van der Waals surface area contributed by atoms with Gasteiger partial charge in [0.2, 0.25) is 0 Å². The number of carbonyl (C=O) groups is 1. The molecule has 20 heavy (non-hydrogen) atoms. The van der Waals surface area contributed by atoms with Gasteiger partial charge in [-0.3, -0.25) is 0 Å². The second-order valence-electron chi connectivity index (χ2n) is 4.87. The molecule has 1 fully saturated rings. The van der Waals surface area contributed by atoms with Crippen molar-refractivity contribution in [2.75, 3.05) is 26.9 Å². The third-order valence-corrected chi connectivity index (χ3v) is 4.16. The maximum Gasteiger partial charge on any atom is 0.337 e. The number of rotatable bonds is 5. The molecule has 0 amide bonds. The zero-order chi connectivity index (χ0) is 14.4. The molecule has 0 aromatic heterocycles. The Morgan fingerprint density at radius 3 is 2.80 bits per heavy atom. The molecule has 1 aromatic carbocycles. The minimum Gasteiger partial charge on any atom is -0.465 e. The Kier molecular flexibility index (Phi) is 6.01. The largest absolute Gasteiger partial charge is 0.465 e. The molecule has 4 nitrogen and oxygen atoms in total. The summed E-state index contributed by atoms with van der Waals surface area (Å²) in [5.74, 6) is 0.261. The van der Waals surface area contributed by atoms with Crippen LogP contribution in [0.5, 0.6) is 0 Å². The van der Waals surface area contributed by atoms with Gasteiger partial charge >= 0.3 is 5.97 Å². The van der Waals surface area contributed by atoms with Crippen molar-refractivity contribution in [3.63, 3.8) is 0 Å². The van der Waals surface area contributed by atoms with Gasteiger partial charge in [-0.1, -0.05) is 22.0 Å². The molecule has 0 unspecified atom stereocenters. The van der Waals surface area contributed by atoms with E-state index in [0.29, 0.717) is 18.1 Å². The van der Waals surface area contributed by atoms with Crippen LogP contribution >= 0.6 is 15.9 Å². The fourth-order valence-electron chi connectivity index (χ4n) is 2.16. The van der Waals surface area contributed by atoms with Gasteiger partial charge in [0.1, 0.15) is 0 Å². The van der Waals surface area contributed by atoms with Crippen LogP contribution in [0.2, 0.25) is 0 Å². The highest BCUT2D eigenvalue weighted by Gasteiger charge is 2.14. The van der Waals surface area contributed by atoms with Crippen molar-refractivity contribution in [3.8, 4) is 0 Å². The van der Waals surface area contributed by atoms with Crippen LogP contribution < -0.4 is 0 Å². The molecule has 0 saturated carbocycles. The van der Waals surface area contributed by atoms with Crippen LogP contribution in [-0.4, -0.2) is 32.9 Å². The first-order chi connectivity index (χ1) is 9.70. The van der Waals surface area contributed by atoms with Crippen molar-refractivity contribution in [3.05, 3.63) is 33.8 Å². The number of halogens is 1. The molecule has 0 N–H and O–H groups in total. The summed E-state index contributed by atoms with van der Waals surface area (Å²) in [5.41, 5.74) is 1.57. The lowest BCUT2D eigenvalue weighted by Gasteiger charge is -2.21. The Labute approximate surface area is 127 Å². The van der Waals surface area contributed by atoms with Gasteiger partial charge in [0.15, 0.2) is 0 Å². The molecule has 110 valence electrons. The second-order valence-corrected chi connectivity index (χ2v) is 5.72. The van der Waals surface area contributed by atoms with E-state index >= 15 is 0 Å². The fraction of sp³-hybridized carbons (Fsp3) is 0.533. The molecule has 1 aromatic rings. The molecule has 1 aliphatic rings. The molecule has 2 rings (SSSR count). The summed E-state index contributed by atoms with van der Waals surface area (Å²) in [6.07, 6.45) is 2.14. The Morgan fingerprint density at radius 2 is 2.15 bits per heavy atom. The van der Waals surface area contributed by atoms with Crippen molar-refractivity contribution in [1.29, 1.82) is 0 Å². The van der Waals surface area contributed by atoms with Crippen molar-refractivity contribution in [2.24, 2.45) is 5.92 Å². The Morgan fingerprint density at radius 1 is 1.40 bits per heavy atom. The number of benzene rings is 1. The minimum atomic E-state index is -0.333. The number of methoxy groups -OCH3 is 1. The predicted molar refractivity (Wildman–Crippen MR) is 78.7 cm³/mol. The van der Waals surface area contributed by atoms with Gasteiger partial charge in [0.05, 0.1) is 25.9 Å². The lowest BCUT2D eigenvalue weighted by atomic mass is 10.0. The quantitative estimate of drug-likeness (QED) is 0.771. The van der Waals surface area contributed by atoms with Crippen molar-refractivity contribution >= 4 is 21.9 Å². The summed E-state index contributed by atoms with van der Waals surface area (Å²) >= 11 is 3.46. The fourth-order valence-corrected chi connectivity index (χ4v) is 2.65. The smallest absolute Gasteiger partial charge is 0.337 e. The SMILES string of the molecule is COC(=O)c1ccc(COCC2CCOCC2)c(Br)c1. The van der Waals surface area contributed by atoms with E-state index in [4.69, 9.17) is 9.47 Å². The molecular formula is C15H19BrO4. The predicted octanol–water partition coefficient (Wildman–Crippen LogP) is 3.18. The van der Waals surface area contributed by atoms with E-state index in [2.05, 4.69) is 20.7 Å². The van der Waals surface area contributed by atoms with E-state index in [1.54, 1.807) is 12.1 Å². The van der Waals surface area contributed by atoms with Gasteiger partial charge in [-0.15, -0.1) is 0 Å². The lowest BCUT2D eigenvalue weighted by Crippen LogP contribution is -2.20. The first-order valence-corrected chi connectivity index (χ1v) is 7.52. The molecular weight excluding hydrogens is 324 g/mol. The Bertz CT molecular complexity index is 455. The Hall–Kier alpha value is -0.910. The third kappa shape index (κ3) is 4.30. The summed E-state index contributed by atoms with van der Waals surface area (Å²) < 4.78 is 16.6. The zero-order valence-corrected chi connectivity index (χ0v) is 13.1. The summed E-state index contributed by atoms with van der Waals surface area (Å²) in [5, 5.41) is 0. The first kappa shape index (κ1) is 15.5. The van der Waals surface area contributed by atoms with Gasteiger partial charge in [-0.05, 0) is 36.5 Å². The average Bonchev–Trinajstić information content (AvgIpc) is 2.49. The Balaban J connectivity index is 1.84. The van der Waals surface area contributed by atoms with Crippen LogP contribution in [0.1, 0.15) is 28.8 Å². The van der Waals surface area contributed by atoms with Crippen LogP contribution in [0.25, 0.3) is 0 Å². The second kappa shape index (κ2) is 7.76. The monoisotopic (exact) mass is 342 g/mol. The number of carbonyl (C=O) groups excluding carboxylic acids is 1. The third-order valence-electron chi connectivity index (χ3n) is 3.43. The molecule has 0 aliphatic carbocycles. The summed E-state index contributed by atoms with van der Waals surface area (Å²) in [4.78, 5) is 11.4. The normalized spacial score (nSPS) is 16.1. The molecule has 5 heteroatoms. The zero-order valence-electron chi connectivity index (χ0n) is 11.6. The van der Waals surface area contributed by atoms with E-state index in [0.717, 1.165) is 42.7 Å². The molecule has 0 spiro atoms. The van der Waals surface area contributed by atoms with Crippen LogP contribution in [0, 0.1) is 5.92 Å². The molecule has 0 bridgehead atoms. The highest BCUT2D eigenvalue weighted by atomic mass is 79.9. The van der Waals surface area contributed by atoms with E-state index in [9.17, 15) is 4.79 Å². The summed E-state index contributed by atoms with van der Waals surface area (Å²) in [6, 6.07) is 5.41. The summed E-state index contributed by atoms with van der Waals surface area (Å²) in [6.45, 7) is 2.98. The van der Waals surface area contributed by atoms with E-state index in [1.807, 2.05) is 6.07 Å². The van der Waals surface area contributed by atoms with Gasteiger partial charge < -0.3 is 14.2 Å². The van der Waals surface area contributed by atoms with Gasteiger partial charge in [0.25, 0.3) is 0 Å². The van der Waals surface area contributed by atoms with Gasteiger partial charge in [-0.25, -0.2) is 4.79 Å². The van der Waals surface area contributed by atoms with Crippen molar-refractivity contribution in [1.82, 2.24) is 0 Å². The average molecular weight is 343 g/mol. The van der Waals surface area contributed by atoms with Crippen LogP contribution in [0.3, 0.4) is 0 Å². The van der Waals surface area contributed by atoms with E-state index in [-0.39, 0.29) is 5.97 Å². The first-order valence-electron chi connectivity index (χ1n) is 6.73. The van der Waals surface area contributed by atoms with Gasteiger partial charge in [-0.2, -0.15) is 0 Å². The molecule has 1 heterocycles. The minimum absolute atomic E-state index is 0.333. The molecule has 0 radical (unpaired) electrons.